The molecule has 1 aromatic carbocycles. The SMILES string of the molecule is CC(=O)Oc1ccccc1C(=O)SCC(C)COC(=O)c1cccnc1. The van der Waals surface area contributed by atoms with Crippen molar-refractivity contribution in [3.8, 4) is 5.75 Å². The third-order valence-electron chi connectivity index (χ3n) is 3.26. The molecule has 1 unspecified atom stereocenters. The van der Waals surface area contributed by atoms with Crippen molar-refractivity contribution in [2.45, 2.75) is 13.8 Å². The molecule has 0 aliphatic rings. The van der Waals surface area contributed by atoms with Gasteiger partial charge < -0.3 is 9.47 Å². The highest BCUT2D eigenvalue weighted by molar-refractivity contribution is 8.14. The Morgan fingerprint density at radius 3 is 2.62 bits per heavy atom. The summed E-state index contributed by atoms with van der Waals surface area (Å²) >= 11 is 1.09. The number of carbonyl (C=O) groups excluding carboxylic acids is 3. The van der Waals surface area contributed by atoms with Crippen LogP contribution in [0.1, 0.15) is 34.6 Å². The molecular formula is C19H19NO5S. The van der Waals surface area contributed by atoms with Crippen molar-refractivity contribution in [1.82, 2.24) is 4.98 Å². The smallest absolute Gasteiger partial charge is 0.339 e. The molecule has 0 saturated carbocycles. The minimum absolute atomic E-state index is 0.0227. The molecule has 0 spiro atoms. The number of ether oxygens (including phenoxy) is 2. The number of aromatic nitrogens is 1. The molecule has 2 rings (SSSR count). The summed E-state index contributed by atoms with van der Waals surface area (Å²) in [6.45, 7) is 3.36. The number of hydrogen-bond acceptors (Lipinski definition) is 7. The molecule has 7 heteroatoms. The molecule has 0 radical (unpaired) electrons. The molecule has 2 aromatic rings. The van der Waals surface area contributed by atoms with Crippen LogP contribution in [0, 0.1) is 5.92 Å². The van der Waals surface area contributed by atoms with E-state index in [0.717, 1.165) is 11.8 Å². The van der Waals surface area contributed by atoms with Crippen molar-refractivity contribution in [1.29, 1.82) is 0 Å². The Bertz CT molecular complexity index is 779. The summed E-state index contributed by atoms with van der Waals surface area (Å²) in [5.41, 5.74) is 0.728. The Hall–Kier alpha value is -2.67. The topological polar surface area (TPSA) is 82.6 Å². The Balaban J connectivity index is 1.84. The Morgan fingerprint density at radius 1 is 1.15 bits per heavy atom. The number of benzene rings is 1. The standard InChI is InChI=1S/C19H19NO5S/c1-13(11-24-18(22)15-6-5-9-20-10-15)12-26-19(23)16-7-3-4-8-17(16)25-14(2)21/h3-10,13H,11-12H2,1-2H3. The average molecular weight is 373 g/mol. The summed E-state index contributed by atoms with van der Waals surface area (Å²) < 4.78 is 10.3. The molecule has 0 aliphatic heterocycles. The molecule has 1 aromatic heterocycles. The zero-order valence-electron chi connectivity index (χ0n) is 14.5. The van der Waals surface area contributed by atoms with Crippen molar-refractivity contribution >= 4 is 28.8 Å². The maximum absolute atomic E-state index is 12.4. The van der Waals surface area contributed by atoms with Crippen LogP contribution in [0.15, 0.2) is 48.8 Å². The van der Waals surface area contributed by atoms with Crippen molar-refractivity contribution in [3.63, 3.8) is 0 Å². The summed E-state index contributed by atoms with van der Waals surface area (Å²) in [5.74, 6) is -0.237. The summed E-state index contributed by atoms with van der Waals surface area (Å²) in [7, 11) is 0. The van der Waals surface area contributed by atoms with E-state index < -0.39 is 11.9 Å². The zero-order valence-corrected chi connectivity index (χ0v) is 15.3. The van der Waals surface area contributed by atoms with Gasteiger partial charge in [0, 0.05) is 25.1 Å². The van der Waals surface area contributed by atoms with Gasteiger partial charge in [0.15, 0.2) is 0 Å². The second-order valence-electron chi connectivity index (χ2n) is 5.63. The first kappa shape index (κ1) is 19.7. The van der Waals surface area contributed by atoms with E-state index in [1.165, 1.54) is 13.1 Å². The summed E-state index contributed by atoms with van der Waals surface area (Å²) in [5, 5.41) is -0.202. The minimum Gasteiger partial charge on any atom is -0.462 e. The first-order valence-corrected chi connectivity index (χ1v) is 8.97. The van der Waals surface area contributed by atoms with Crippen LogP contribution < -0.4 is 4.74 Å². The number of thioether (sulfide) groups is 1. The number of rotatable bonds is 7. The van der Waals surface area contributed by atoms with Crippen LogP contribution >= 0.6 is 11.8 Å². The lowest BCUT2D eigenvalue weighted by Gasteiger charge is -2.12. The quantitative estimate of drug-likeness (QED) is 0.543. The molecule has 0 aliphatic carbocycles. The molecule has 136 valence electrons. The van der Waals surface area contributed by atoms with Crippen LogP contribution in [0.3, 0.4) is 0 Å². The molecular weight excluding hydrogens is 354 g/mol. The maximum Gasteiger partial charge on any atom is 0.339 e. The molecule has 0 saturated heterocycles. The zero-order chi connectivity index (χ0) is 18.9. The van der Waals surface area contributed by atoms with Crippen molar-refractivity contribution in [2.24, 2.45) is 5.92 Å². The van der Waals surface area contributed by atoms with Gasteiger partial charge in [0.25, 0.3) is 0 Å². The molecule has 0 bridgehead atoms. The highest BCUT2D eigenvalue weighted by atomic mass is 32.2. The van der Waals surface area contributed by atoms with Gasteiger partial charge in [-0.1, -0.05) is 30.8 Å². The van der Waals surface area contributed by atoms with E-state index >= 15 is 0 Å². The molecule has 6 nitrogen and oxygen atoms in total. The minimum atomic E-state index is -0.481. The third-order valence-corrected chi connectivity index (χ3v) is 4.47. The first-order chi connectivity index (χ1) is 12.5. The number of para-hydroxylation sites is 1. The number of carbonyl (C=O) groups is 3. The predicted molar refractivity (Wildman–Crippen MR) is 98.2 cm³/mol. The molecule has 0 fully saturated rings. The fraction of sp³-hybridized carbons (Fsp3) is 0.263. The number of hydrogen-bond donors (Lipinski definition) is 0. The Kier molecular flexibility index (Phi) is 7.35. The van der Waals surface area contributed by atoms with Crippen LogP contribution in [0.2, 0.25) is 0 Å². The number of esters is 2. The van der Waals surface area contributed by atoms with Gasteiger partial charge >= 0.3 is 11.9 Å². The second kappa shape index (κ2) is 9.72. The van der Waals surface area contributed by atoms with Crippen molar-refractivity contribution in [3.05, 3.63) is 59.9 Å². The normalized spacial score (nSPS) is 11.5. The van der Waals surface area contributed by atoms with E-state index in [9.17, 15) is 14.4 Å². The fourth-order valence-electron chi connectivity index (χ4n) is 2.01. The van der Waals surface area contributed by atoms with Gasteiger partial charge in [-0.05, 0) is 30.2 Å². The number of pyridine rings is 1. The molecule has 1 atom stereocenters. The van der Waals surface area contributed by atoms with Crippen LogP contribution in [-0.4, -0.2) is 34.4 Å². The predicted octanol–water partition coefficient (Wildman–Crippen LogP) is 3.37. The fourth-order valence-corrected chi connectivity index (χ4v) is 2.86. The maximum atomic E-state index is 12.4. The lowest BCUT2D eigenvalue weighted by Crippen LogP contribution is -2.15. The third kappa shape index (κ3) is 6.00. The van der Waals surface area contributed by atoms with Crippen LogP contribution in [0.25, 0.3) is 0 Å². The highest BCUT2D eigenvalue weighted by Crippen LogP contribution is 2.24. The molecule has 0 amide bonds. The Labute approximate surface area is 155 Å². The monoisotopic (exact) mass is 373 g/mol. The van der Waals surface area contributed by atoms with Crippen molar-refractivity contribution < 1.29 is 23.9 Å². The second-order valence-corrected chi connectivity index (χ2v) is 6.63. The van der Waals surface area contributed by atoms with Crippen LogP contribution in [-0.2, 0) is 9.53 Å². The summed E-state index contributed by atoms with van der Waals surface area (Å²) in [6.07, 6.45) is 3.02. The lowest BCUT2D eigenvalue weighted by atomic mass is 10.2. The van der Waals surface area contributed by atoms with Crippen LogP contribution in [0.4, 0.5) is 0 Å². The lowest BCUT2D eigenvalue weighted by molar-refractivity contribution is -0.131. The largest absolute Gasteiger partial charge is 0.462 e. The van der Waals surface area contributed by atoms with Gasteiger partial charge in [-0.25, -0.2) is 4.79 Å². The van der Waals surface area contributed by atoms with E-state index in [-0.39, 0.29) is 23.4 Å². The van der Waals surface area contributed by atoms with E-state index in [1.807, 2.05) is 6.92 Å². The van der Waals surface area contributed by atoms with E-state index in [4.69, 9.17) is 9.47 Å². The average Bonchev–Trinajstić information content (AvgIpc) is 2.64. The molecule has 26 heavy (non-hydrogen) atoms. The highest BCUT2D eigenvalue weighted by Gasteiger charge is 2.16. The Morgan fingerprint density at radius 2 is 1.92 bits per heavy atom. The van der Waals surface area contributed by atoms with E-state index in [1.54, 1.807) is 42.6 Å². The summed E-state index contributed by atoms with van der Waals surface area (Å²) in [6, 6.07) is 9.88. The first-order valence-electron chi connectivity index (χ1n) is 7.99. The van der Waals surface area contributed by atoms with Gasteiger partial charge in [-0.15, -0.1) is 0 Å². The summed E-state index contributed by atoms with van der Waals surface area (Å²) in [4.78, 5) is 39.2. The van der Waals surface area contributed by atoms with Crippen LogP contribution in [0.5, 0.6) is 5.75 Å². The van der Waals surface area contributed by atoms with Gasteiger partial charge in [0.2, 0.25) is 5.12 Å². The number of nitrogens with zero attached hydrogens (tertiary/aromatic N) is 1. The van der Waals surface area contributed by atoms with E-state index in [2.05, 4.69) is 4.98 Å². The van der Waals surface area contributed by atoms with E-state index in [0.29, 0.717) is 16.9 Å². The molecule has 1 heterocycles. The van der Waals surface area contributed by atoms with Gasteiger partial charge in [0.05, 0.1) is 17.7 Å². The van der Waals surface area contributed by atoms with Gasteiger partial charge in [0.1, 0.15) is 5.75 Å². The van der Waals surface area contributed by atoms with Gasteiger partial charge in [-0.3, -0.25) is 14.6 Å². The van der Waals surface area contributed by atoms with Gasteiger partial charge in [-0.2, -0.15) is 0 Å². The molecule has 0 N–H and O–H groups in total. The van der Waals surface area contributed by atoms with Crippen molar-refractivity contribution in [2.75, 3.05) is 12.4 Å².